The fourth-order valence-corrected chi connectivity index (χ4v) is 3.90. The Morgan fingerprint density at radius 2 is 1.96 bits per heavy atom. The van der Waals surface area contributed by atoms with Gasteiger partial charge in [-0.3, -0.25) is 4.79 Å². The van der Waals surface area contributed by atoms with E-state index in [2.05, 4.69) is 22.0 Å². The second kappa shape index (κ2) is 10.9. The summed E-state index contributed by atoms with van der Waals surface area (Å²) < 4.78 is 6.48. The van der Waals surface area contributed by atoms with Gasteiger partial charge in [0.2, 0.25) is 5.91 Å². The van der Waals surface area contributed by atoms with Crippen LogP contribution in [0.1, 0.15) is 19.8 Å². The van der Waals surface area contributed by atoms with Gasteiger partial charge < -0.3 is 9.64 Å². The largest absolute Gasteiger partial charge is 0.494 e. The Morgan fingerprint density at radius 3 is 2.62 bits per heavy atom. The Hall–Kier alpha value is -1.97. The lowest BCUT2D eigenvalue weighted by molar-refractivity contribution is -0.118. The maximum Gasteiger partial charge on any atom is 0.227 e. The molecule has 0 N–H and O–H groups in total. The second-order valence-corrected chi connectivity index (χ2v) is 7.40. The van der Waals surface area contributed by atoms with Gasteiger partial charge in [-0.15, -0.1) is 11.8 Å². The molecule has 0 unspecified atom stereocenters. The number of hydrogen-bond acceptors (Lipinski definition) is 4. The predicted octanol–water partition coefficient (Wildman–Crippen LogP) is 5.28. The Balaban J connectivity index is 1.99. The Labute approximate surface area is 167 Å². The molecule has 6 heteroatoms. The molecular formula is C20H21BrN2O2S. The molecule has 0 aliphatic carbocycles. The zero-order valence-electron chi connectivity index (χ0n) is 14.7. The number of carbonyl (C=O) groups is 1. The minimum Gasteiger partial charge on any atom is -0.494 e. The molecule has 0 spiro atoms. The highest BCUT2D eigenvalue weighted by molar-refractivity contribution is 9.10. The summed E-state index contributed by atoms with van der Waals surface area (Å²) in [5, 5.41) is 8.90. The number of thioether (sulfide) groups is 1. The molecule has 136 valence electrons. The van der Waals surface area contributed by atoms with E-state index < -0.39 is 0 Å². The van der Waals surface area contributed by atoms with Crippen LogP contribution in [0.3, 0.4) is 0 Å². The maximum atomic E-state index is 12.7. The van der Waals surface area contributed by atoms with Crippen LogP contribution in [0.4, 0.5) is 5.69 Å². The lowest BCUT2D eigenvalue weighted by Crippen LogP contribution is -2.32. The van der Waals surface area contributed by atoms with Crippen molar-refractivity contribution in [2.75, 3.05) is 23.8 Å². The van der Waals surface area contributed by atoms with Crippen molar-refractivity contribution in [3.63, 3.8) is 0 Å². The number of anilines is 1. The quantitative estimate of drug-likeness (QED) is 0.505. The fourth-order valence-electron chi connectivity index (χ4n) is 2.39. The van der Waals surface area contributed by atoms with Crippen molar-refractivity contribution in [2.45, 2.75) is 24.7 Å². The number of halogens is 1. The van der Waals surface area contributed by atoms with Crippen molar-refractivity contribution in [2.24, 2.45) is 0 Å². The van der Waals surface area contributed by atoms with Crippen molar-refractivity contribution in [1.29, 1.82) is 5.26 Å². The van der Waals surface area contributed by atoms with Crippen LogP contribution in [0.5, 0.6) is 5.75 Å². The third kappa shape index (κ3) is 6.08. The highest BCUT2D eigenvalue weighted by Gasteiger charge is 2.15. The molecule has 0 aliphatic rings. The second-order valence-electron chi connectivity index (χ2n) is 5.41. The first-order chi connectivity index (χ1) is 12.7. The molecule has 1 amide bonds. The van der Waals surface area contributed by atoms with E-state index in [1.54, 1.807) is 16.7 Å². The first-order valence-corrected chi connectivity index (χ1v) is 10.2. The number of carbonyl (C=O) groups excluding carboxylic acids is 1. The standard InChI is InChI=1S/C20H21BrN2O2S/c1-2-25-17-10-8-16(9-11-17)23(14-5-13-22)20(24)12-15-26-19-7-4-3-6-18(19)21/h3-4,6-11H,2,5,12,14-15H2,1H3. The number of ether oxygens (including phenoxy) is 1. The van der Waals surface area contributed by atoms with Gasteiger partial charge in [0, 0.05) is 33.8 Å². The fraction of sp³-hybridized carbons (Fsp3) is 0.300. The third-order valence-corrected chi connectivity index (χ3v) is 5.65. The van der Waals surface area contributed by atoms with E-state index in [9.17, 15) is 4.79 Å². The summed E-state index contributed by atoms with van der Waals surface area (Å²) in [6.07, 6.45) is 0.709. The minimum absolute atomic E-state index is 0.0176. The number of hydrogen-bond donors (Lipinski definition) is 0. The molecule has 0 radical (unpaired) electrons. The van der Waals surface area contributed by atoms with Crippen LogP contribution in [0.15, 0.2) is 57.9 Å². The van der Waals surface area contributed by atoms with E-state index in [0.29, 0.717) is 31.7 Å². The smallest absolute Gasteiger partial charge is 0.227 e. The summed E-state index contributed by atoms with van der Waals surface area (Å²) in [5.41, 5.74) is 0.791. The van der Waals surface area contributed by atoms with Crippen molar-refractivity contribution < 1.29 is 9.53 Å². The lowest BCUT2D eigenvalue weighted by Gasteiger charge is -2.22. The summed E-state index contributed by atoms with van der Waals surface area (Å²) in [7, 11) is 0. The molecule has 26 heavy (non-hydrogen) atoms. The van der Waals surface area contributed by atoms with Gasteiger partial charge in [-0.05, 0) is 59.3 Å². The van der Waals surface area contributed by atoms with Gasteiger partial charge in [-0.1, -0.05) is 12.1 Å². The predicted molar refractivity (Wildman–Crippen MR) is 110 cm³/mol. The van der Waals surface area contributed by atoms with Gasteiger partial charge in [-0.25, -0.2) is 0 Å². The molecule has 0 fully saturated rings. The average molecular weight is 433 g/mol. The molecular weight excluding hydrogens is 412 g/mol. The van der Waals surface area contributed by atoms with Gasteiger partial charge in [0.05, 0.1) is 19.1 Å². The van der Waals surface area contributed by atoms with Gasteiger partial charge >= 0.3 is 0 Å². The van der Waals surface area contributed by atoms with Crippen molar-refractivity contribution in [1.82, 2.24) is 0 Å². The normalized spacial score (nSPS) is 10.2. The molecule has 0 saturated heterocycles. The maximum absolute atomic E-state index is 12.7. The van der Waals surface area contributed by atoms with Crippen LogP contribution in [-0.2, 0) is 4.79 Å². The van der Waals surface area contributed by atoms with Gasteiger partial charge in [-0.2, -0.15) is 5.26 Å². The van der Waals surface area contributed by atoms with Crippen molar-refractivity contribution in [3.8, 4) is 11.8 Å². The molecule has 0 atom stereocenters. The van der Waals surface area contributed by atoms with E-state index in [4.69, 9.17) is 10.00 Å². The van der Waals surface area contributed by atoms with Crippen LogP contribution in [0.25, 0.3) is 0 Å². The van der Waals surface area contributed by atoms with E-state index in [0.717, 1.165) is 20.8 Å². The average Bonchev–Trinajstić information content (AvgIpc) is 2.65. The molecule has 0 heterocycles. The van der Waals surface area contributed by atoms with Crippen LogP contribution < -0.4 is 9.64 Å². The van der Waals surface area contributed by atoms with Gasteiger partial charge in [0.15, 0.2) is 0 Å². The topological polar surface area (TPSA) is 53.3 Å². The highest BCUT2D eigenvalue weighted by Crippen LogP contribution is 2.28. The van der Waals surface area contributed by atoms with Crippen molar-refractivity contribution >= 4 is 39.3 Å². The van der Waals surface area contributed by atoms with Gasteiger partial charge in [0.25, 0.3) is 0 Å². The zero-order chi connectivity index (χ0) is 18.8. The summed E-state index contributed by atoms with van der Waals surface area (Å²) in [4.78, 5) is 15.5. The minimum atomic E-state index is 0.0176. The monoisotopic (exact) mass is 432 g/mol. The zero-order valence-corrected chi connectivity index (χ0v) is 17.1. The molecule has 2 aromatic carbocycles. The lowest BCUT2D eigenvalue weighted by atomic mass is 10.2. The number of nitriles is 1. The SMILES string of the molecule is CCOc1ccc(N(CCC#N)C(=O)CCSc2ccccc2Br)cc1. The molecule has 0 saturated carbocycles. The number of nitrogens with zero attached hydrogens (tertiary/aromatic N) is 2. The molecule has 0 aromatic heterocycles. The van der Waals surface area contributed by atoms with Crippen LogP contribution in [0, 0.1) is 11.3 Å². The Kier molecular flexibility index (Phi) is 8.52. The molecule has 4 nitrogen and oxygen atoms in total. The van der Waals surface area contributed by atoms with E-state index in [-0.39, 0.29) is 5.91 Å². The van der Waals surface area contributed by atoms with Crippen LogP contribution in [-0.4, -0.2) is 24.8 Å². The number of amides is 1. The molecule has 2 rings (SSSR count). The number of benzene rings is 2. The summed E-state index contributed by atoms with van der Waals surface area (Å²) in [6, 6.07) is 17.5. The summed E-state index contributed by atoms with van der Waals surface area (Å²) >= 11 is 5.16. The van der Waals surface area contributed by atoms with E-state index >= 15 is 0 Å². The summed E-state index contributed by atoms with van der Waals surface area (Å²) in [5.74, 6) is 1.47. The Morgan fingerprint density at radius 1 is 1.23 bits per heavy atom. The summed E-state index contributed by atoms with van der Waals surface area (Å²) in [6.45, 7) is 2.92. The molecule has 0 bridgehead atoms. The van der Waals surface area contributed by atoms with E-state index in [1.807, 2.05) is 55.5 Å². The van der Waals surface area contributed by atoms with Gasteiger partial charge in [0.1, 0.15) is 5.75 Å². The van der Waals surface area contributed by atoms with E-state index in [1.165, 1.54) is 0 Å². The molecule has 2 aromatic rings. The number of rotatable bonds is 9. The van der Waals surface area contributed by atoms with Crippen molar-refractivity contribution in [3.05, 3.63) is 53.0 Å². The first-order valence-electron chi connectivity index (χ1n) is 8.43. The van der Waals surface area contributed by atoms with Crippen LogP contribution in [0.2, 0.25) is 0 Å². The molecule has 0 aliphatic heterocycles. The highest BCUT2D eigenvalue weighted by atomic mass is 79.9. The van der Waals surface area contributed by atoms with Crippen LogP contribution >= 0.6 is 27.7 Å². The third-order valence-electron chi connectivity index (χ3n) is 3.62. The first kappa shape index (κ1) is 20.3. The Bertz CT molecular complexity index is 759.